The van der Waals surface area contributed by atoms with Crippen LogP contribution >= 0.6 is 0 Å². The van der Waals surface area contributed by atoms with E-state index in [-0.39, 0.29) is 11.8 Å². The van der Waals surface area contributed by atoms with Gasteiger partial charge in [0.2, 0.25) is 5.91 Å². The highest BCUT2D eigenvalue weighted by Gasteiger charge is 2.23. The number of nitrogens with one attached hydrogen (secondary N) is 2. The molecule has 0 aromatic rings. The fourth-order valence-electron chi connectivity index (χ4n) is 2.10. The fraction of sp³-hybridized carbons (Fsp3) is 0.833. The Bertz CT molecular complexity index is 273. The van der Waals surface area contributed by atoms with E-state index >= 15 is 0 Å². The maximum atomic E-state index is 11.7. The van der Waals surface area contributed by atoms with Gasteiger partial charge in [-0.05, 0) is 37.8 Å². The van der Waals surface area contributed by atoms with E-state index in [1.807, 2.05) is 13.8 Å². The molecule has 98 valence electrons. The van der Waals surface area contributed by atoms with Crippen molar-refractivity contribution in [2.24, 2.45) is 11.8 Å². The molecule has 1 aliphatic rings. The molecule has 0 bridgehead atoms. The molecule has 0 spiro atoms. The predicted octanol–water partition coefficient (Wildman–Crippen LogP) is 0.602. The summed E-state index contributed by atoms with van der Waals surface area (Å²) in [5.74, 6) is -0.489. The van der Waals surface area contributed by atoms with Crippen molar-refractivity contribution >= 4 is 11.9 Å². The quantitative estimate of drug-likeness (QED) is 0.637. The Morgan fingerprint density at radius 3 is 2.65 bits per heavy atom. The van der Waals surface area contributed by atoms with E-state index in [9.17, 15) is 9.59 Å². The second kappa shape index (κ2) is 6.59. The summed E-state index contributed by atoms with van der Waals surface area (Å²) in [6, 6.07) is -0.753. The SMILES string of the molecule is CC(C)CC(NC(=O)CC1CCNC1)C(=O)O. The Labute approximate surface area is 102 Å². The van der Waals surface area contributed by atoms with Gasteiger partial charge in [-0.15, -0.1) is 0 Å². The summed E-state index contributed by atoms with van der Waals surface area (Å²) in [5.41, 5.74) is 0. The molecule has 3 N–H and O–H groups in total. The first-order valence-electron chi connectivity index (χ1n) is 6.22. The third kappa shape index (κ3) is 5.17. The molecule has 0 aromatic heterocycles. The minimum Gasteiger partial charge on any atom is -0.480 e. The Morgan fingerprint density at radius 1 is 1.47 bits per heavy atom. The van der Waals surface area contributed by atoms with Gasteiger partial charge in [0.25, 0.3) is 0 Å². The van der Waals surface area contributed by atoms with E-state index in [0.29, 0.717) is 18.8 Å². The number of carboxylic acids is 1. The second-order valence-electron chi connectivity index (χ2n) is 5.15. The average Bonchev–Trinajstić information content (AvgIpc) is 2.68. The van der Waals surface area contributed by atoms with Gasteiger partial charge in [-0.3, -0.25) is 4.79 Å². The lowest BCUT2D eigenvalue weighted by molar-refractivity contribution is -0.142. The first kappa shape index (κ1) is 14.0. The van der Waals surface area contributed by atoms with Crippen molar-refractivity contribution in [3.8, 4) is 0 Å². The van der Waals surface area contributed by atoms with Crippen LogP contribution in [0.5, 0.6) is 0 Å². The standard InChI is InChI=1S/C12H22N2O3/c1-8(2)5-10(12(16)17)14-11(15)6-9-3-4-13-7-9/h8-10,13H,3-7H2,1-2H3,(H,14,15)(H,16,17). The molecular weight excluding hydrogens is 220 g/mol. The van der Waals surface area contributed by atoms with Crippen LogP contribution in [-0.2, 0) is 9.59 Å². The van der Waals surface area contributed by atoms with Crippen LogP contribution in [0.15, 0.2) is 0 Å². The molecule has 0 saturated carbocycles. The number of rotatable bonds is 6. The van der Waals surface area contributed by atoms with E-state index in [0.717, 1.165) is 19.5 Å². The molecule has 17 heavy (non-hydrogen) atoms. The van der Waals surface area contributed by atoms with Gasteiger partial charge in [0.15, 0.2) is 0 Å². The Kier molecular flexibility index (Phi) is 5.41. The summed E-state index contributed by atoms with van der Waals surface area (Å²) in [7, 11) is 0. The van der Waals surface area contributed by atoms with Crippen LogP contribution in [0.1, 0.15) is 33.1 Å². The number of aliphatic carboxylic acids is 1. The molecule has 2 atom stereocenters. The third-order valence-corrected chi connectivity index (χ3v) is 2.98. The lowest BCUT2D eigenvalue weighted by Gasteiger charge is -2.17. The lowest BCUT2D eigenvalue weighted by Crippen LogP contribution is -2.42. The second-order valence-corrected chi connectivity index (χ2v) is 5.15. The zero-order chi connectivity index (χ0) is 12.8. The third-order valence-electron chi connectivity index (χ3n) is 2.98. The Hall–Kier alpha value is -1.10. The minimum absolute atomic E-state index is 0.147. The van der Waals surface area contributed by atoms with Crippen LogP contribution in [-0.4, -0.2) is 36.1 Å². The summed E-state index contributed by atoms with van der Waals surface area (Å²) in [6.45, 7) is 5.70. The van der Waals surface area contributed by atoms with Gasteiger partial charge in [-0.2, -0.15) is 0 Å². The van der Waals surface area contributed by atoms with Crippen LogP contribution in [0, 0.1) is 11.8 Å². The molecular formula is C12H22N2O3. The van der Waals surface area contributed by atoms with Crippen molar-refractivity contribution in [3.05, 3.63) is 0 Å². The van der Waals surface area contributed by atoms with Gasteiger partial charge in [-0.25, -0.2) is 4.79 Å². The zero-order valence-corrected chi connectivity index (χ0v) is 10.5. The number of carbonyl (C=O) groups excluding carboxylic acids is 1. The highest BCUT2D eigenvalue weighted by Crippen LogP contribution is 2.12. The van der Waals surface area contributed by atoms with Gasteiger partial charge >= 0.3 is 5.97 Å². The van der Waals surface area contributed by atoms with Crippen molar-refractivity contribution < 1.29 is 14.7 Å². The van der Waals surface area contributed by atoms with Crippen molar-refractivity contribution in [3.63, 3.8) is 0 Å². The monoisotopic (exact) mass is 242 g/mol. The molecule has 1 fully saturated rings. The molecule has 5 nitrogen and oxygen atoms in total. The summed E-state index contributed by atoms with van der Waals surface area (Å²) in [5, 5.41) is 14.8. The number of carboxylic acid groups (broad SMARTS) is 1. The molecule has 1 aliphatic heterocycles. The highest BCUT2D eigenvalue weighted by atomic mass is 16.4. The van der Waals surface area contributed by atoms with Gasteiger partial charge in [0.1, 0.15) is 6.04 Å². The van der Waals surface area contributed by atoms with Crippen molar-refractivity contribution in [1.82, 2.24) is 10.6 Å². The lowest BCUT2D eigenvalue weighted by atomic mass is 10.0. The topological polar surface area (TPSA) is 78.4 Å². The van der Waals surface area contributed by atoms with E-state index in [1.54, 1.807) is 0 Å². The van der Waals surface area contributed by atoms with Crippen LogP contribution in [0.2, 0.25) is 0 Å². The molecule has 1 saturated heterocycles. The molecule has 1 amide bonds. The predicted molar refractivity (Wildman–Crippen MR) is 64.6 cm³/mol. The Morgan fingerprint density at radius 2 is 2.18 bits per heavy atom. The van der Waals surface area contributed by atoms with Gasteiger partial charge in [-0.1, -0.05) is 13.8 Å². The normalized spacial score (nSPS) is 21.5. The van der Waals surface area contributed by atoms with Crippen LogP contribution in [0.3, 0.4) is 0 Å². The number of carbonyl (C=O) groups is 2. The molecule has 5 heteroatoms. The highest BCUT2D eigenvalue weighted by molar-refractivity contribution is 5.83. The fourth-order valence-corrected chi connectivity index (χ4v) is 2.10. The van der Waals surface area contributed by atoms with Crippen LogP contribution in [0.25, 0.3) is 0 Å². The zero-order valence-electron chi connectivity index (χ0n) is 10.5. The number of hydrogen-bond donors (Lipinski definition) is 3. The summed E-state index contributed by atoms with van der Waals surface area (Å²) in [6.07, 6.45) is 1.90. The summed E-state index contributed by atoms with van der Waals surface area (Å²) in [4.78, 5) is 22.7. The largest absolute Gasteiger partial charge is 0.480 e. The molecule has 0 aromatic carbocycles. The minimum atomic E-state index is -0.948. The van der Waals surface area contributed by atoms with Gasteiger partial charge < -0.3 is 15.7 Å². The smallest absolute Gasteiger partial charge is 0.326 e. The Balaban J connectivity index is 2.37. The first-order valence-corrected chi connectivity index (χ1v) is 6.22. The molecule has 2 unspecified atom stereocenters. The van der Waals surface area contributed by atoms with E-state index in [1.165, 1.54) is 0 Å². The molecule has 0 radical (unpaired) electrons. The summed E-state index contributed by atoms with van der Waals surface area (Å²) >= 11 is 0. The number of amides is 1. The van der Waals surface area contributed by atoms with E-state index in [2.05, 4.69) is 10.6 Å². The van der Waals surface area contributed by atoms with Gasteiger partial charge in [0, 0.05) is 6.42 Å². The van der Waals surface area contributed by atoms with E-state index < -0.39 is 12.0 Å². The van der Waals surface area contributed by atoms with Crippen LogP contribution in [0.4, 0.5) is 0 Å². The molecule has 0 aliphatic carbocycles. The molecule has 1 rings (SSSR count). The first-order chi connectivity index (χ1) is 7.99. The number of hydrogen-bond acceptors (Lipinski definition) is 3. The van der Waals surface area contributed by atoms with Crippen LogP contribution < -0.4 is 10.6 Å². The van der Waals surface area contributed by atoms with Crippen molar-refractivity contribution in [2.45, 2.75) is 39.2 Å². The van der Waals surface area contributed by atoms with E-state index in [4.69, 9.17) is 5.11 Å². The average molecular weight is 242 g/mol. The summed E-state index contributed by atoms with van der Waals surface area (Å²) < 4.78 is 0. The molecule has 1 heterocycles. The van der Waals surface area contributed by atoms with Gasteiger partial charge in [0.05, 0.1) is 0 Å². The maximum absolute atomic E-state index is 11.7. The van der Waals surface area contributed by atoms with Crippen molar-refractivity contribution in [2.75, 3.05) is 13.1 Å². The maximum Gasteiger partial charge on any atom is 0.326 e. The van der Waals surface area contributed by atoms with Crippen molar-refractivity contribution in [1.29, 1.82) is 0 Å².